The van der Waals surface area contributed by atoms with Crippen LogP contribution in [0.1, 0.15) is 19.8 Å². The van der Waals surface area contributed by atoms with Gasteiger partial charge in [-0.3, -0.25) is 0 Å². The Morgan fingerprint density at radius 3 is 2.80 bits per heavy atom. The molecule has 1 heterocycles. The first-order valence-electron chi connectivity index (χ1n) is 3.38. The molecule has 10 heavy (non-hydrogen) atoms. The van der Waals surface area contributed by atoms with E-state index in [0.717, 1.165) is 0 Å². The molecule has 0 saturated carbocycles. The van der Waals surface area contributed by atoms with Crippen molar-refractivity contribution in [1.82, 2.24) is 0 Å². The lowest BCUT2D eigenvalue weighted by Crippen LogP contribution is -2.32. The van der Waals surface area contributed by atoms with E-state index in [1.165, 1.54) is 0 Å². The fourth-order valence-electron chi connectivity index (χ4n) is 1.16. The summed E-state index contributed by atoms with van der Waals surface area (Å²) in [5.74, 6) is 0. The van der Waals surface area contributed by atoms with Gasteiger partial charge >= 0.3 is 0 Å². The van der Waals surface area contributed by atoms with Gasteiger partial charge in [-0.05, 0) is 18.5 Å². The van der Waals surface area contributed by atoms with E-state index in [1.807, 2.05) is 6.92 Å². The molecule has 4 heteroatoms. The van der Waals surface area contributed by atoms with Crippen molar-refractivity contribution in [3.63, 3.8) is 0 Å². The van der Waals surface area contributed by atoms with E-state index < -0.39 is 12.3 Å². The van der Waals surface area contributed by atoms with Crippen LogP contribution in [0.25, 0.3) is 0 Å². The van der Waals surface area contributed by atoms with Crippen LogP contribution in [0.3, 0.4) is 0 Å². The normalized spacial score (nSPS) is 41.2. The summed E-state index contributed by atoms with van der Waals surface area (Å²) < 4.78 is 5.07. The predicted octanol–water partition coefficient (Wildman–Crippen LogP) is 0.639. The molecule has 0 aromatic rings. The number of nitroso groups, excluding NO2 is 1. The van der Waals surface area contributed by atoms with Crippen LogP contribution in [0.4, 0.5) is 0 Å². The minimum absolute atomic E-state index is 0.0496. The number of hydrogen-bond acceptors (Lipinski definition) is 4. The summed E-state index contributed by atoms with van der Waals surface area (Å²) in [6, 6.07) is 0. The van der Waals surface area contributed by atoms with Gasteiger partial charge in [-0.15, -0.1) is 4.91 Å². The molecule has 1 saturated heterocycles. The molecule has 1 aliphatic heterocycles. The average molecular weight is 145 g/mol. The van der Waals surface area contributed by atoms with E-state index in [2.05, 4.69) is 5.18 Å². The molecule has 0 spiro atoms. The molecule has 0 aliphatic carbocycles. The number of aliphatic hydroxyl groups is 1. The Bertz CT molecular complexity index is 118. The highest BCUT2D eigenvalue weighted by Crippen LogP contribution is 2.19. The van der Waals surface area contributed by atoms with Crippen molar-refractivity contribution in [1.29, 1.82) is 0 Å². The summed E-state index contributed by atoms with van der Waals surface area (Å²) >= 11 is 0. The monoisotopic (exact) mass is 145 g/mol. The molecule has 4 nitrogen and oxygen atoms in total. The van der Waals surface area contributed by atoms with E-state index >= 15 is 0 Å². The largest absolute Gasteiger partial charge is 0.393 e. The summed E-state index contributed by atoms with van der Waals surface area (Å²) in [5.41, 5.74) is 0. The van der Waals surface area contributed by atoms with Crippen molar-refractivity contribution in [2.45, 2.75) is 38.2 Å². The fourth-order valence-corrected chi connectivity index (χ4v) is 1.16. The van der Waals surface area contributed by atoms with Gasteiger partial charge in [0.2, 0.25) is 0 Å². The van der Waals surface area contributed by atoms with Crippen LogP contribution in [0.2, 0.25) is 0 Å². The standard InChI is InChI=1S/C6H11NO3/c1-4-2-5(8)3-6(7-9)10-4/h4-6,8H,2-3H2,1H3/t4-,5-,6-/m1/s1. The first-order valence-corrected chi connectivity index (χ1v) is 3.38. The highest BCUT2D eigenvalue weighted by atomic mass is 16.5. The molecular weight excluding hydrogens is 134 g/mol. The molecule has 0 bridgehead atoms. The first-order chi connectivity index (χ1) is 4.72. The zero-order valence-electron chi connectivity index (χ0n) is 5.86. The molecule has 1 N–H and O–H groups in total. The minimum Gasteiger partial charge on any atom is -0.393 e. The van der Waals surface area contributed by atoms with Gasteiger partial charge in [-0.25, -0.2) is 0 Å². The third kappa shape index (κ3) is 1.75. The van der Waals surface area contributed by atoms with Crippen LogP contribution >= 0.6 is 0 Å². The van der Waals surface area contributed by atoms with Crippen molar-refractivity contribution in [3.8, 4) is 0 Å². The van der Waals surface area contributed by atoms with Crippen molar-refractivity contribution >= 4 is 0 Å². The van der Waals surface area contributed by atoms with Gasteiger partial charge in [0, 0.05) is 6.42 Å². The molecule has 1 aliphatic rings. The molecule has 58 valence electrons. The second-order valence-corrected chi connectivity index (χ2v) is 2.63. The van der Waals surface area contributed by atoms with Gasteiger partial charge in [0.1, 0.15) is 0 Å². The van der Waals surface area contributed by atoms with Gasteiger partial charge in [-0.1, -0.05) is 0 Å². The summed E-state index contributed by atoms with van der Waals surface area (Å²) in [7, 11) is 0. The topological polar surface area (TPSA) is 58.9 Å². The van der Waals surface area contributed by atoms with Gasteiger partial charge < -0.3 is 9.84 Å². The number of aliphatic hydroxyl groups excluding tert-OH is 1. The van der Waals surface area contributed by atoms with E-state index in [1.54, 1.807) is 0 Å². The van der Waals surface area contributed by atoms with Crippen LogP contribution in [0.5, 0.6) is 0 Å². The van der Waals surface area contributed by atoms with Gasteiger partial charge in [-0.2, -0.15) is 0 Å². The predicted molar refractivity (Wildman–Crippen MR) is 35.4 cm³/mol. The lowest BCUT2D eigenvalue weighted by atomic mass is 10.1. The number of nitrogens with zero attached hydrogens (tertiary/aromatic N) is 1. The second-order valence-electron chi connectivity index (χ2n) is 2.63. The Balaban J connectivity index is 2.42. The number of hydrogen-bond donors (Lipinski definition) is 1. The summed E-state index contributed by atoms with van der Waals surface area (Å²) in [6.45, 7) is 1.82. The maximum absolute atomic E-state index is 9.96. The highest BCUT2D eigenvalue weighted by molar-refractivity contribution is 4.72. The lowest BCUT2D eigenvalue weighted by Gasteiger charge is -2.26. The Morgan fingerprint density at radius 2 is 2.30 bits per heavy atom. The molecule has 0 unspecified atom stereocenters. The van der Waals surface area contributed by atoms with Crippen LogP contribution in [-0.4, -0.2) is 23.5 Å². The third-order valence-electron chi connectivity index (χ3n) is 1.58. The van der Waals surface area contributed by atoms with Crippen LogP contribution < -0.4 is 0 Å². The van der Waals surface area contributed by atoms with Gasteiger partial charge in [0.15, 0.2) is 6.23 Å². The molecule has 0 amide bonds. The summed E-state index contributed by atoms with van der Waals surface area (Å²) in [4.78, 5) is 9.96. The third-order valence-corrected chi connectivity index (χ3v) is 1.58. The highest BCUT2D eigenvalue weighted by Gasteiger charge is 2.25. The lowest BCUT2D eigenvalue weighted by molar-refractivity contribution is -0.0838. The Hall–Kier alpha value is -0.480. The fraction of sp³-hybridized carbons (Fsp3) is 1.00. The van der Waals surface area contributed by atoms with Crippen molar-refractivity contribution in [2.24, 2.45) is 5.18 Å². The Morgan fingerprint density at radius 1 is 1.60 bits per heavy atom. The van der Waals surface area contributed by atoms with Crippen LogP contribution in [0, 0.1) is 4.91 Å². The van der Waals surface area contributed by atoms with E-state index in [9.17, 15) is 4.91 Å². The molecule has 3 atom stereocenters. The molecule has 0 aromatic carbocycles. The number of ether oxygens (including phenoxy) is 1. The summed E-state index contributed by atoms with van der Waals surface area (Å²) in [6.07, 6.45) is -0.170. The van der Waals surface area contributed by atoms with Crippen molar-refractivity contribution in [3.05, 3.63) is 4.91 Å². The zero-order chi connectivity index (χ0) is 7.56. The Kier molecular flexibility index (Phi) is 2.34. The Labute approximate surface area is 59.2 Å². The molecular formula is C6H11NO3. The van der Waals surface area contributed by atoms with E-state index in [-0.39, 0.29) is 6.10 Å². The zero-order valence-corrected chi connectivity index (χ0v) is 5.86. The van der Waals surface area contributed by atoms with Gasteiger partial charge in [0.05, 0.1) is 12.2 Å². The van der Waals surface area contributed by atoms with Crippen molar-refractivity contribution < 1.29 is 9.84 Å². The second kappa shape index (κ2) is 3.07. The minimum atomic E-state index is -0.640. The molecule has 0 radical (unpaired) electrons. The maximum Gasteiger partial charge on any atom is 0.192 e. The maximum atomic E-state index is 9.96. The molecule has 1 fully saturated rings. The van der Waals surface area contributed by atoms with E-state index in [0.29, 0.717) is 12.8 Å². The van der Waals surface area contributed by atoms with E-state index in [4.69, 9.17) is 9.84 Å². The SMILES string of the molecule is C[C@@H]1C[C@@H](O)C[C@H](N=O)O1. The molecule has 1 rings (SSSR count). The van der Waals surface area contributed by atoms with Crippen LogP contribution in [0.15, 0.2) is 5.18 Å². The number of rotatable bonds is 1. The van der Waals surface area contributed by atoms with Crippen LogP contribution in [-0.2, 0) is 4.74 Å². The quantitative estimate of drug-likeness (QED) is 0.551. The first kappa shape index (κ1) is 7.63. The molecule has 0 aromatic heterocycles. The smallest absolute Gasteiger partial charge is 0.192 e. The van der Waals surface area contributed by atoms with Crippen molar-refractivity contribution in [2.75, 3.05) is 0 Å². The van der Waals surface area contributed by atoms with Gasteiger partial charge in [0.25, 0.3) is 0 Å². The summed E-state index contributed by atoms with van der Waals surface area (Å²) in [5, 5.41) is 11.8. The average Bonchev–Trinajstić information content (AvgIpc) is 1.85.